The van der Waals surface area contributed by atoms with Crippen LogP contribution in [0.3, 0.4) is 0 Å². The molecule has 0 spiro atoms. The number of aliphatic hydroxyl groups is 3. The number of primary amides is 1. The van der Waals surface area contributed by atoms with E-state index in [0.717, 1.165) is 23.0 Å². The molecule has 1 aliphatic carbocycles. The van der Waals surface area contributed by atoms with Gasteiger partial charge in [0.2, 0.25) is 5.91 Å². The molecule has 4 unspecified atom stereocenters. The summed E-state index contributed by atoms with van der Waals surface area (Å²) >= 11 is 5.21. The molecule has 5 N–H and O–H groups in total. The van der Waals surface area contributed by atoms with Crippen LogP contribution >= 0.6 is 27.3 Å². The van der Waals surface area contributed by atoms with E-state index < -0.39 is 18.3 Å². The van der Waals surface area contributed by atoms with Crippen LogP contribution in [0.1, 0.15) is 49.0 Å². The fraction of sp³-hybridized carbons (Fsp3) is 0.591. The first-order valence-electron chi connectivity index (χ1n) is 10.2. The summed E-state index contributed by atoms with van der Waals surface area (Å²) in [6.45, 7) is 2.06. The molecule has 5 atom stereocenters. The summed E-state index contributed by atoms with van der Waals surface area (Å²) in [4.78, 5) is 12.0. The number of aryl methyl sites for hydroxylation is 2. The van der Waals surface area contributed by atoms with Gasteiger partial charge in [0.25, 0.3) is 0 Å². The molecule has 0 aliphatic heterocycles. The van der Waals surface area contributed by atoms with Gasteiger partial charge in [-0.3, -0.25) is 4.79 Å². The minimum absolute atomic E-state index is 0.0725. The minimum atomic E-state index is -0.599. The highest BCUT2D eigenvalue weighted by Crippen LogP contribution is 2.36. The largest absolute Gasteiger partial charge is 0.393 e. The number of halogens is 1. The Morgan fingerprint density at radius 3 is 2.79 bits per heavy atom. The lowest BCUT2D eigenvalue weighted by molar-refractivity contribution is -0.118. The number of carbonyl (C=O) groups is 1. The van der Waals surface area contributed by atoms with Gasteiger partial charge in [0.1, 0.15) is 0 Å². The second-order valence-corrected chi connectivity index (χ2v) is 10.3. The molecule has 0 saturated heterocycles. The molecule has 2 rings (SSSR count). The van der Waals surface area contributed by atoms with E-state index in [4.69, 9.17) is 5.73 Å². The molecule has 0 radical (unpaired) electrons. The standard InChI is InChI=1S/C22H32BrNO4S/c1-14-12-16(29-22(14)23)10-8-15(25)9-11-18-17(19(26)13-20(18)27)6-4-2-3-5-7-21(24)28/h2,4,9,11-12,15,17-20,25-27H,3,5-8,10,13H2,1H3,(H2,24,28)/b4-2-,11-9+/t15?,17-,18?,19?,20?/m1/s1. The summed E-state index contributed by atoms with van der Waals surface area (Å²) in [5.74, 6) is -0.539. The van der Waals surface area contributed by atoms with Crippen LogP contribution in [-0.2, 0) is 11.2 Å². The summed E-state index contributed by atoms with van der Waals surface area (Å²) in [7, 11) is 0. The normalized spacial score (nSPS) is 26.0. The number of unbranched alkanes of at least 4 members (excludes halogenated alkanes) is 1. The molecule has 7 heteroatoms. The predicted octanol–water partition coefficient (Wildman–Crippen LogP) is 3.63. The Morgan fingerprint density at radius 2 is 2.14 bits per heavy atom. The van der Waals surface area contributed by atoms with Crippen molar-refractivity contribution in [3.05, 3.63) is 44.6 Å². The van der Waals surface area contributed by atoms with Crippen LogP contribution in [-0.4, -0.2) is 39.5 Å². The topological polar surface area (TPSA) is 104 Å². The Kier molecular flexibility index (Phi) is 10.1. The first-order valence-corrected chi connectivity index (χ1v) is 11.8. The van der Waals surface area contributed by atoms with E-state index in [9.17, 15) is 20.1 Å². The molecule has 0 aromatic carbocycles. The third kappa shape index (κ3) is 7.98. The third-order valence-corrected chi connectivity index (χ3v) is 7.63. The average Bonchev–Trinajstić information content (AvgIpc) is 3.11. The Hall–Kier alpha value is -0.990. The average molecular weight is 486 g/mol. The second-order valence-electron chi connectivity index (χ2n) is 7.84. The number of hydrogen-bond acceptors (Lipinski definition) is 5. The van der Waals surface area contributed by atoms with Gasteiger partial charge in [-0.1, -0.05) is 24.3 Å². The highest BCUT2D eigenvalue weighted by molar-refractivity contribution is 9.11. The molecule has 1 aromatic rings. The van der Waals surface area contributed by atoms with Crippen LogP contribution in [0, 0.1) is 18.8 Å². The van der Waals surface area contributed by atoms with Crippen LogP contribution in [0.25, 0.3) is 0 Å². The van der Waals surface area contributed by atoms with Gasteiger partial charge < -0.3 is 21.1 Å². The quantitative estimate of drug-likeness (QED) is 0.283. The Labute approximate surface area is 185 Å². The van der Waals surface area contributed by atoms with E-state index in [2.05, 4.69) is 28.9 Å². The number of aliphatic hydroxyl groups excluding tert-OH is 3. The SMILES string of the molecule is Cc1cc(CCC(O)/C=C/C2C(O)CC(O)[C@@H]2C/C=C\CCCC(N)=O)sc1Br. The number of rotatable bonds is 11. The third-order valence-electron chi connectivity index (χ3n) is 5.43. The van der Waals surface area contributed by atoms with Crippen molar-refractivity contribution in [1.82, 2.24) is 0 Å². The van der Waals surface area contributed by atoms with Crippen molar-refractivity contribution in [2.45, 2.75) is 70.2 Å². The maximum Gasteiger partial charge on any atom is 0.217 e. The lowest BCUT2D eigenvalue weighted by Crippen LogP contribution is -2.20. The van der Waals surface area contributed by atoms with E-state index in [1.165, 1.54) is 10.4 Å². The van der Waals surface area contributed by atoms with Gasteiger partial charge in [0.05, 0.1) is 22.1 Å². The van der Waals surface area contributed by atoms with Gasteiger partial charge in [-0.25, -0.2) is 0 Å². The van der Waals surface area contributed by atoms with Crippen molar-refractivity contribution < 1.29 is 20.1 Å². The van der Waals surface area contributed by atoms with E-state index in [1.807, 2.05) is 18.2 Å². The smallest absolute Gasteiger partial charge is 0.217 e. The molecule has 1 saturated carbocycles. The summed E-state index contributed by atoms with van der Waals surface area (Å²) in [5, 5.41) is 30.9. The summed E-state index contributed by atoms with van der Waals surface area (Å²) < 4.78 is 1.13. The molecule has 1 heterocycles. The number of allylic oxidation sites excluding steroid dienone is 2. The first-order chi connectivity index (χ1) is 13.8. The summed E-state index contributed by atoms with van der Waals surface area (Å²) in [6.07, 6.45) is 10.2. The van der Waals surface area contributed by atoms with Crippen LogP contribution in [0.15, 0.2) is 34.2 Å². The highest BCUT2D eigenvalue weighted by atomic mass is 79.9. The maximum absolute atomic E-state index is 10.7. The molecule has 5 nitrogen and oxygen atoms in total. The second kappa shape index (κ2) is 12.0. The maximum atomic E-state index is 10.7. The Morgan fingerprint density at radius 1 is 1.38 bits per heavy atom. The number of nitrogens with two attached hydrogens (primary N) is 1. The molecule has 1 aliphatic rings. The molecule has 162 valence electrons. The van der Waals surface area contributed by atoms with Gasteiger partial charge in [0.15, 0.2) is 0 Å². The number of carbonyl (C=O) groups excluding carboxylic acids is 1. The van der Waals surface area contributed by atoms with Gasteiger partial charge in [0, 0.05) is 23.6 Å². The first kappa shape index (κ1) is 24.3. The zero-order valence-corrected chi connectivity index (χ0v) is 19.2. The molecular formula is C22H32BrNO4S. The monoisotopic (exact) mass is 485 g/mol. The van der Waals surface area contributed by atoms with Crippen LogP contribution in [0.2, 0.25) is 0 Å². The summed E-state index contributed by atoms with van der Waals surface area (Å²) in [6, 6.07) is 2.13. The van der Waals surface area contributed by atoms with Gasteiger partial charge >= 0.3 is 0 Å². The lowest BCUT2D eigenvalue weighted by atomic mass is 9.89. The van der Waals surface area contributed by atoms with Crippen molar-refractivity contribution in [2.24, 2.45) is 17.6 Å². The van der Waals surface area contributed by atoms with Crippen molar-refractivity contribution in [3.63, 3.8) is 0 Å². The molecule has 1 aromatic heterocycles. The van der Waals surface area contributed by atoms with Crippen LogP contribution in [0.4, 0.5) is 0 Å². The molecule has 1 fully saturated rings. The van der Waals surface area contributed by atoms with Gasteiger partial charge in [-0.05, 0) is 72.5 Å². The zero-order chi connectivity index (χ0) is 21.4. The van der Waals surface area contributed by atoms with Crippen molar-refractivity contribution in [1.29, 1.82) is 0 Å². The van der Waals surface area contributed by atoms with Gasteiger partial charge in [-0.15, -0.1) is 11.3 Å². The predicted molar refractivity (Wildman–Crippen MR) is 121 cm³/mol. The van der Waals surface area contributed by atoms with E-state index >= 15 is 0 Å². The number of amides is 1. The van der Waals surface area contributed by atoms with E-state index in [0.29, 0.717) is 25.7 Å². The van der Waals surface area contributed by atoms with E-state index in [-0.39, 0.29) is 17.7 Å². The van der Waals surface area contributed by atoms with Crippen molar-refractivity contribution >= 4 is 33.2 Å². The van der Waals surface area contributed by atoms with Crippen LogP contribution in [0.5, 0.6) is 0 Å². The zero-order valence-electron chi connectivity index (χ0n) is 16.8. The molecular weight excluding hydrogens is 454 g/mol. The molecule has 1 amide bonds. The van der Waals surface area contributed by atoms with Crippen LogP contribution < -0.4 is 5.73 Å². The number of thiophene rings is 1. The number of hydrogen-bond donors (Lipinski definition) is 4. The highest BCUT2D eigenvalue weighted by Gasteiger charge is 2.39. The molecule has 0 bridgehead atoms. The minimum Gasteiger partial charge on any atom is -0.393 e. The van der Waals surface area contributed by atoms with Crippen molar-refractivity contribution in [3.8, 4) is 0 Å². The Bertz CT molecular complexity index is 698. The fourth-order valence-corrected chi connectivity index (χ4v) is 5.41. The fourth-order valence-electron chi connectivity index (χ4n) is 3.76. The lowest BCUT2D eigenvalue weighted by Gasteiger charge is -2.19. The summed E-state index contributed by atoms with van der Waals surface area (Å²) in [5.41, 5.74) is 6.34. The van der Waals surface area contributed by atoms with E-state index in [1.54, 1.807) is 17.4 Å². The van der Waals surface area contributed by atoms with Gasteiger partial charge in [-0.2, -0.15) is 0 Å². The Balaban J connectivity index is 1.83. The molecule has 29 heavy (non-hydrogen) atoms. The van der Waals surface area contributed by atoms with Crippen molar-refractivity contribution in [2.75, 3.05) is 0 Å².